The Labute approximate surface area is 181 Å². The van der Waals surface area contributed by atoms with Crippen molar-refractivity contribution in [1.29, 1.82) is 0 Å². The van der Waals surface area contributed by atoms with E-state index in [9.17, 15) is 15.0 Å². The van der Waals surface area contributed by atoms with Gasteiger partial charge in [0.2, 0.25) is 0 Å². The molecule has 0 unspecified atom stereocenters. The summed E-state index contributed by atoms with van der Waals surface area (Å²) in [6.45, 7) is 4.23. The molecule has 3 N–H and O–H groups in total. The predicted molar refractivity (Wildman–Crippen MR) is 114 cm³/mol. The fourth-order valence-electron chi connectivity index (χ4n) is 2.92. The smallest absolute Gasteiger partial charge is 0.344 e. The summed E-state index contributed by atoms with van der Waals surface area (Å²) < 4.78 is 15.7. The maximum absolute atomic E-state index is 11.5. The lowest BCUT2D eigenvalue weighted by Crippen LogP contribution is -2.33. The number of hydrogen-bond donors (Lipinski definition) is 3. The molecule has 0 fully saturated rings. The fraction of sp³-hybridized carbons (Fsp3) is 0.409. The van der Waals surface area contributed by atoms with Gasteiger partial charge in [-0.15, -0.1) is 0 Å². The monoisotopic (exact) mass is 437 g/mol. The number of benzene rings is 2. The molecule has 2 aromatic rings. The number of aromatic hydroxyl groups is 1. The summed E-state index contributed by atoms with van der Waals surface area (Å²) >= 11 is 6.29. The van der Waals surface area contributed by atoms with Gasteiger partial charge >= 0.3 is 5.97 Å². The Morgan fingerprint density at radius 3 is 2.53 bits per heavy atom. The summed E-state index contributed by atoms with van der Waals surface area (Å²) in [4.78, 5) is 11.5. The van der Waals surface area contributed by atoms with Gasteiger partial charge < -0.3 is 29.7 Å². The Bertz CT molecular complexity index is 827. The van der Waals surface area contributed by atoms with Gasteiger partial charge in [-0.2, -0.15) is 0 Å². The Kier molecular flexibility index (Phi) is 9.23. The molecule has 0 heterocycles. The second kappa shape index (κ2) is 11.6. The Morgan fingerprint density at radius 1 is 1.20 bits per heavy atom. The fourth-order valence-corrected chi connectivity index (χ4v) is 3.16. The Balaban J connectivity index is 1.94. The van der Waals surface area contributed by atoms with E-state index < -0.39 is 12.1 Å². The van der Waals surface area contributed by atoms with Crippen LogP contribution in [0.25, 0.3) is 0 Å². The predicted octanol–water partition coefficient (Wildman–Crippen LogP) is 3.25. The van der Waals surface area contributed by atoms with Gasteiger partial charge in [-0.25, -0.2) is 4.79 Å². The molecule has 0 amide bonds. The second-order valence-electron chi connectivity index (χ2n) is 6.72. The number of carbonyl (C=O) groups excluding carboxylic acids is 1. The molecule has 2 atom stereocenters. The molecule has 0 saturated carbocycles. The number of aliphatic hydroxyl groups excluding tert-OH is 1. The second-order valence-corrected chi connectivity index (χ2v) is 7.12. The molecule has 0 aromatic heterocycles. The number of ether oxygens (including phenoxy) is 3. The number of hydrogen-bond acceptors (Lipinski definition) is 7. The highest BCUT2D eigenvalue weighted by atomic mass is 35.5. The third kappa shape index (κ3) is 6.79. The molecular weight excluding hydrogens is 410 g/mol. The van der Waals surface area contributed by atoms with Gasteiger partial charge in [-0.3, -0.25) is 0 Å². The zero-order valence-electron chi connectivity index (χ0n) is 17.4. The van der Waals surface area contributed by atoms with Gasteiger partial charge in [-0.05, 0) is 56.1 Å². The maximum atomic E-state index is 11.5. The highest BCUT2D eigenvalue weighted by molar-refractivity contribution is 6.32. The van der Waals surface area contributed by atoms with Crippen molar-refractivity contribution >= 4 is 17.6 Å². The van der Waals surface area contributed by atoms with Crippen molar-refractivity contribution in [3.05, 3.63) is 52.5 Å². The lowest BCUT2D eigenvalue weighted by atomic mass is 10.0. The summed E-state index contributed by atoms with van der Waals surface area (Å²) in [5.74, 6) is 0.619. The van der Waals surface area contributed by atoms with Gasteiger partial charge in [0.05, 0.1) is 24.8 Å². The first-order chi connectivity index (χ1) is 14.3. The number of nitrogens with one attached hydrogen (secondary N) is 1. The highest BCUT2D eigenvalue weighted by Gasteiger charge is 2.17. The lowest BCUT2D eigenvalue weighted by molar-refractivity contribution is -0.145. The minimum absolute atomic E-state index is 0.158. The van der Waals surface area contributed by atoms with E-state index in [0.29, 0.717) is 29.5 Å². The molecule has 0 aliphatic heterocycles. The van der Waals surface area contributed by atoms with E-state index in [0.717, 1.165) is 11.1 Å². The minimum atomic E-state index is -0.713. The number of halogens is 1. The lowest BCUT2D eigenvalue weighted by Gasteiger charge is -2.21. The average molecular weight is 438 g/mol. The summed E-state index contributed by atoms with van der Waals surface area (Å²) in [5.41, 5.74) is 1.58. The van der Waals surface area contributed by atoms with Crippen LogP contribution >= 0.6 is 11.6 Å². The van der Waals surface area contributed by atoms with Gasteiger partial charge in [0.15, 0.2) is 6.61 Å². The van der Waals surface area contributed by atoms with Crippen LogP contribution < -0.4 is 14.8 Å². The molecule has 0 radical (unpaired) electrons. The normalized spacial score (nSPS) is 12.8. The van der Waals surface area contributed by atoms with E-state index in [2.05, 4.69) is 5.32 Å². The zero-order valence-corrected chi connectivity index (χ0v) is 18.1. The van der Waals surface area contributed by atoms with E-state index >= 15 is 0 Å². The molecule has 0 bridgehead atoms. The van der Waals surface area contributed by atoms with Crippen molar-refractivity contribution in [2.24, 2.45) is 0 Å². The first-order valence-corrected chi connectivity index (χ1v) is 10.1. The molecule has 164 valence electrons. The average Bonchev–Trinajstić information content (AvgIpc) is 2.73. The maximum Gasteiger partial charge on any atom is 0.344 e. The molecule has 8 heteroatoms. The van der Waals surface area contributed by atoms with Crippen LogP contribution in [0.1, 0.15) is 31.1 Å². The number of aliphatic hydroxyl groups is 1. The summed E-state index contributed by atoms with van der Waals surface area (Å²) in [5, 5.41) is 23.5. The van der Waals surface area contributed by atoms with Crippen molar-refractivity contribution in [3.8, 4) is 17.2 Å². The van der Waals surface area contributed by atoms with Crippen LogP contribution in [-0.2, 0) is 16.0 Å². The number of phenols is 1. The summed E-state index contributed by atoms with van der Waals surface area (Å²) in [7, 11) is 1.55. The molecule has 0 aliphatic carbocycles. The quantitative estimate of drug-likeness (QED) is 0.464. The zero-order chi connectivity index (χ0) is 22.1. The van der Waals surface area contributed by atoms with Gasteiger partial charge in [0.25, 0.3) is 0 Å². The van der Waals surface area contributed by atoms with Crippen LogP contribution in [0.15, 0.2) is 36.4 Å². The number of methoxy groups -OCH3 is 1. The van der Waals surface area contributed by atoms with Crippen LogP contribution in [0.3, 0.4) is 0 Å². The van der Waals surface area contributed by atoms with Crippen molar-refractivity contribution in [1.82, 2.24) is 5.32 Å². The minimum Gasteiger partial charge on any atom is -0.508 e. The molecule has 0 spiro atoms. The molecule has 0 saturated heterocycles. The van der Waals surface area contributed by atoms with Crippen LogP contribution in [0.4, 0.5) is 0 Å². The highest BCUT2D eigenvalue weighted by Crippen LogP contribution is 2.33. The molecule has 7 nitrogen and oxygen atoms in total. The third-order valence-electron chi connectivity index (χ3n) is 4.55. The largest absolute Gasteiger partial charge is 0.508 e. The van der Waals surface area contributed by atoms with Crippen LogP contribution in [0, 0.1) is 0 Å². The molecular formula is C22H28ClNO6. The molecule has 2 rings (SSSR count). The van der Waals surface area contributed by atoms with E-state index in [4.69, 9.17) is 25.8 Å². The SMILES string of the molecule is CCOC(=O)COc1cc(OC)c(CCN[C@@H](C)[C@@H](O)c2ccc(O)cc2)cc1Cl. The van der Waals surface area contributed by atoms with Crippen LogP contribution in [-0.4, -0.2) is 49.1 Å². The van der Waals surface area contributed by atoms with Crippen molar-refractivity contribution in [3.63, 3.8) is 0 Å². The molecule has 30 heavy (non-hydrogen) atoms. The number of rotatable bonds is 11. The van der Waals surface area contributed by atoms with E-state index in [1.807, 2.05) is 6.92 Å². The van der Waals surface area contributed by atoms with Gasteiger partial charge in [0.1, 0.15) is 17.2 Å². The van der Waals surface area contributed by atoms with E-state index in [-0.39, 0.29) is 25.0 Å². The van der Waals surface area contributed by atoms with E-state index in [1.165, 1.54) is 0 Å². The van der Waals surface area contributed by atoms with Gasteiger partial charge in [0, 0.05) is 12.1 Å². The van der Waals surface area contributed by atoms with Gasteiger partial charge in [-0.1, -0.05) is 23.7 Å². The van der Waals surface area contributed by atoms with Crippen molar-refractivity contribution in [2.75, 3.05) is 26.9 Å². The number of esters is 1. The van der Waals surface area contributed by atoms with Crippen LogP contribution in [0.5, 0.6) is 17.2 Å². The summed E-state index contributed by atoms with van der Waals surface area (Å²) in [6, 6.07) is 9.65. The third-order valence-corrected chi connectivity index (χ3v) is 4.85. The van der Waals surface area contributed by atoms with Crippen molar-refractivity contribution < 1.29 is 29.2 Å². The van der Waals surface area contributed by atoms with E-state index in [1.54, 1.807) is 50.4 Å². The molecule has 0 aliphatic rings. The standard InChI is InChI=1S/C22H28ClNO6/c1-4-29-21(26)13-30-20-12-19(28-3)16(11-18(20)23)9-10-24-14(2)22(27)15-5-7-17(25)8-6-15/h5-8,11-12,14,22,24-25,27H,4,9-10,13H2,1-3H3/t14-,22+/m0/s1. The first kappa shape index (κ1) is 23.8. The number of phenolic OH excluding ortho intramolecular Hbond substituents is 1. The first-order valence-electron chi connectivity index (χ1n) is 9.70. The van der Waals surface area contributed by atoms with Crippen molar-refractivity contribution in [2.45, 2.75) is 32.4 Å². The molecule has 2 aromatic carbocycles. The Hall–Kier alpha value is -2.48. The Morgan fingerprint density at radius 2 is 1.90 bits per heavy atom. The summed E-state index contributed by atoms with van der Waals surface area (Å²) in [6.07, 6.45) is -0.108. The number of carbonyl (C=O) groups is 1. The topological polar surface area (TPSA) is 97.3 Å². The van der Waals surface area contributed by atoms with Crippen LogP contribution in [0.2, 0.25) is 5.02 Å².